The van der Waals surface area contributed by atoms with Crippen LogP contribution in [0.5, 0.6) is 10.9 Å². The first kappa shape index (κ1) is 13.7. The van der Waals surface area contributed by atoms with Crippen molar-refractivity contribution in [1.82, 2.24) is 9.88 Å². The number of nitrogens with one attached hydrogen (secondary N) is 1. The van der Waals surface area contributed by atoms with Crippen LogP contribution in [0, 0.1) is 0 Å². The summed E-state index contributed by atoms with van der Waals surface area (Å²) in [7, 11) is 1.61. The molecule has 1 aromatic heterocycles. The standard InChI is InChI=1S/C14H15N3O3S/c1-19-11-4-2-10(3-5-11)16-13(18)17-8-12(9-17)20-14-15-6-7-21-14/h2-7,12H,8-9H2,1H3,(H,16,18). The molecule has 0 saturated carbocycles. The quantitative estimate of drug-likeness (QED) is 0.942. The second kappa shape index (κ2) is 6.01. The fraction of sp³-hybridized carbons (Fsp3) is 0.286. The van der Waals surface area contributed by atoms with Crippen molar-refractivity contribution < 1.29 is 14.3 Å². The predicted molar refractivity (Wildman–Crippen MR) is 80.1 cm³/mol. The fourth-order valence-corrected chi connectivity index (χ4v) is 2.52. The second-order valence-corrected chi connectivity index (χ2v) is 5.46. The molecule has 21 heavy (non-hydrogen) atoms. The van der Waals surface area contributed by atoms with E-state index in [9.17, 15) is 4.79 Å². The zero-order valence-electron chi connectivity index (χ0n) is 11.5. The van der Waals surface area contributed by atoms with Crippen LogP contribution >= 0.6 is 11.3 Å². The van der Waals surface area contributed by atoms with Crippen molar-refractivity contribution in [2.24, 2.45) is 0 Å². The van der Waals surface area contributed by atoms with Crippen LogP contribution in [-0.4, -0.2) is 42.2 Å². The molecule has 0 unspecified atom stereocenters. The van der Waals surface area contributed by atoms with E-state index in [1.807, 2.05) is 5.38 Å². The van der Waals surface area contributed by atoms with E-state index in [0.717, 1.165) is 11.4 Å². The molecule has 6 nitrogen and oxygen atoms in total. The number of rotatable bonds is 4. The lowest BCUT2D eigenvalue weighted by molar-refractivity contribution is 0.0491. The van der Waals surface area contributed by atoms with Crippen molar-refractivity contribution in [2.75, 3.05) is 25.5 Å². The van der Waals surface area contributed by atoms with E-state index in [0.29, 0.717) is 18.3 Å². The number of amides is 2. The Bertz CT molecular complexity index is 594. The van der Waals surface area contributed by atoms with Gasteiger partial charge in [0.1, 0.15) is 11.9 Å². The number of urea groups is 1. The number of hydrogen-bond donors (Lipinski definition) is 1. The lowest BCUT2D eigenvalue weighted by atomic mass is 10.2. The lowest BCUT2D eigenvalue weighted by Crippen LogP contribution is -2.57. The Balaban J connectivity index is 1.46. The van der Waals surface area contributed by atoms with Crippen LogP contribution in [0.25, 0.3) is 0 Å². The highest BCUT2D eigenvalue weighted by Crippen LogP contribution is 2.21. The molecule has 2 heterocycles. The third-order valence-corrected chi connectivity index (χ3v) is 3.81. The minimum atomic E-state index is -0.126. The Morgan fingerprint density at radius 1 is 1.38 bits per heavy atom. The number of carbonyl (C=O) groups excluding carboxylic acids is 1. The fourth-order valence-electron chi connectivity index (χ4n) is 1.97. The molecule has 0 atom stereocenters. The van der Waals surface area contributed by atoms with E-state index in [4.69, 9.17) is 9.47 Å². The Morgan fingerprint density at radius 2 is 2.14 bits per heavy atom. The van der Waals surface area contributed by atoms with Crippen molar-refractivity contribution in [1.29, 1.82) is 0 Å². The highest BCUT2D eigenvalue weighted by molar-refractivity contribution is 7.11. The average Bonchev–Trinajstić information content (AvgIpc) is 2.96. The number of likely N-dealkylation sites (tertiary alicyclic amines) is 1. The van der Waals surface area contributed by atoms with Crippen LogP contribution in [0.1, 0.15) is 0 Å². The number of thiazole rings is 1. The maximum Gasteiger partial charge on any atom is 0.322 e. The maximum atomic E-state index is 12.0. The van der Waals surface area contributed by atoms with Crippen LogP contribution in [0.15, 0.2) is 35.8 Å². The average molecular weight is 305 g/mol. The number of benzene rings is 1. The first-order valence-electron chi connectivity index (χ1n) is 6.51. The minimum absolute atomic E-state index is 0.0257. The first-order chi connectivity index (χ1) is 10.2. The molecule has 0 spiro atoms. The smallest absolute Gasteiger partial charge is 0.322 e. The summed E-state index contributed by atoms with van der Waals surface area (Å²) in [6, 6.07) is 7.10. The summed E-state index contributed by atoms with van der Waals surface area (Å²) in [4.78, 5) is 17.8. The summed E-state index contributed by atoms with van der Waals surface area (Å²) in [5.74, 6) is 0.758. The SMILES string of the molecule is COc1ccc(NC(=O)N2CC(Oc3nccs3)C2)cc1. The van der Waals surface area contributed by atoms with Crippen LogP contribution in [0.2, 0.25) is 0 Å². The molecular weight excluding hydrogens is 290 g/mol. The molecule has 7 heteroatoms. The van der Waals surface area contributed by atoms with Gasteiger partial charge in [0, 0.05) is 17.3 Å². The number of aromatic nitrogens is 1. The van der Waals surface area contributed by atoms with Crippen molar-refractivity contribution >= 4 is 23.1 Å². The summed E-state index contributed by atoms with van der Waals surface area (Å²) >= 11 is 1.45. The maximum absolute atomic E-state index is 12.0. The first-order valence-corrected chi connectivity index (χ1v) is 7.38. The molecule has 1 aromatic carbocycles. The zero-order chi connectivity index (χ0) is 14.7. The largest absolute Gasteiger partial charge is 0.497 e. The van der Waals surface area contributed by atoms with Gasteiger partial charge in [-0.1, -0.05) is 11.3 Å². The summed E-state index contributed by atoms with van der Waals surface area (Å²) in [6.07, 6.45) is 1.73. The Morgan fingerprint density at radius 3 is 2.76 bits per heavy atom. The van der Waals surface area contributed by atoms with Gasteiger partial charge in [0.15, 0.2) is 0 Å². The van der Waals surface area contributed by atoms with Gasteiger partial charge in [0.25, 0.3) is 5.19 Å². The molecule has 2 amide bonds. The monoisotopic (exact) mass is 305 g/mol. The summed E-state index contributed by atoms with van der Waals surface area (Å²) in [5.41, 5.74) is 0.741. The van der Waals surface area contributed by atoms with E-state index in [1.54, 1.807) is 42.5 Å². The normalized spacial score (nSPS) is 14.4. The molecule has 1 aliphatic heterocycles. The van der Waals surface area contributed by atoms with Crippen molar-refractivity contribution in [2.45, 2.75) is 6.10 Å². The number of carbonyl (C=O) groups is 1. The van der Waals surface area contributed by atoms with Crippen LogP contribution < -0.4 is 14.8 Å². The van der Waals surface area contributed by atoms with Gasteiger partial charge in [-0.05, 0) is 24.3 Å². The zero-order valence-corrected chi connectivity index (χ0v) is 12.3. The number of ether oxygens (including phenoxy) is 2. The summed E-state index contributed by atoms with van der Waals surface area (Å²) < 4.78 is 10.7. The summed E-state index contributed by atoms with van der Waals surface area (Å²) in [5, 5.41) is 5.35. The van der Waals surface area contributed by atoms with Gasteiger partial charge in [0.05, 0.1) is 20.2 Å². The Hall–Kier alpha value is -2.28. The van der Waals surface area contributed by atoms with Gasteiger partial charge in [-0.2, -0.15) is 0 Å². The van der Waals surface area contributed by atoms with Gasteiger partial charge in [-0.15, -0.1) is 0 Å². The van der Waals surface area contributed by atoms with E-state index in [2.05, 4.69) is 10.3 Å². The van der Waals surface area contributed by atoms with Crippen LogP contribution in [0.3, 0.4) is 0 Å². The van der Waals surface area contributed by atoms with E-state index < -0.39 is 0 Å². The molecule has 1 aliphatic rings. The number of anilines is 1. The third-order valence-electron chi connectivity index (χ3n) is 3.15. The van der Waals surface area contributed by atoms with Gasteiger partial charge in [-0.25, -0.2) is 9.78 Å². The molecule has 0 bridgehead atoms. The Labute approximate surface area is 126 Å². The van der Waals surface area contributed by atoms with Crippen LogP contribution in [-0.2, 0) is 0 Å². The highest BCUT2D eigenvalue weighted by atomic mass is 32.1. The lowest BCUT2D eigenvalue weighted by Gasteiger charge is -2.38. The summed E-state index contributed by atoms with van der Waals surface area (Å²) in [6.45, 7) is 1.14. The second-order valence-electron chi connectivity index (χ2n) is 4.60. The minimum Gasteiger partial charge on any atom is -0.497 e. The van der Waals surface area contributed by atoms with Crippen molar-refractivity contribution in [3.8, 4) is 10.9 Å². The highest BCUT2D eigenvalue weighted by Gasteiger charge is 2.32. The number of hydrogen-bond acceptors (Lipinski definition) is 5. The van der Waals surface area contributed by atoms with E-state index in [1.165, 1.54) is 11.3 Å². The molecule has 3 rings (SSSR count). The molecule has 0 aliphatic carbocycles. The van der Waals surface area contributed by atoms with Crippen LogP contribution in [0.4, 0.5) is 10.5 Å². The molecular formula is C14H15N3O3S. The molecule has 0 radical (unpaired) electrons. The topological polar surface area (TPSA) is 63.7 Å². The molecule has 1 N–H and O–H groups in total. The molecule has 1 fully saturated rings. The number of nitrogens with zero attached hydrogens (tertiary/aromatic N) is 2. The van der Waals surface area contributed by atoms with Gasteiger partial charge >= 0.3 is 6.03 Å². The van der Waals surface area contributed by atoms with E-state index >= 15 is 0 Å². The predicted octanol–water partition coefficient (Wildman–Crippen LogP) is 2.45. The number of methoxy groups -OCH3 is 1. The van der Waals surface area contributed by atoms with Crippen molar-refractivity contribution in [3.05, 3.63) is 35.8 Å². The molecule has 2 aromatic rings. The Kier molecular flexibility index (Phi) is 3.92. The van der Waals surface area contributed by atoms with E-state index in [-0.39, 0.29) is 12.1 Å². The van der Waals surface area contributed by atoms with Gasteiger partial charge in [-0.3, -0.25) is 0 Å². The molecule has 110 valence electrons. The third kappa shape index (κ3) is 3.25. The van der Waals surface area contributed by atoms with Crippen molar-refractivity contribution in [3.63, 3.8) is 0 Å². The van der Waals surface area contributed by atoms with Gasteiger partial charge in [0.2, 0.25) is 0 Å². The van der Waals surface area contributed by atoms with Gasteiger partial charge < -0.3 is 19.7 Å². The molecule has 1 saturated heterocycles.